The molecule has 10 heteroatoms. The van der Waals surface area contributed by atoms with E-state index >= 15 is 0 Å². The number of halogens is 1. The van der Waals surface area contributed by atoms with Crippen molar-refractivity contribution in [1.29, 1.82) is 0 Å². The summed E-state index contributed by atoms with van der Waals surface area (Å²) < 4.78 is 51.5. The number of benzene rings is 2. The van der Waals surface area contributed by atoms with Gasteiger partial charge < -0.3 is 14.4 Å². The van der Waals surface area contributed by atoms with Crippen LogP contribution in [-0.4, -0.2) is 62.1 Å². The Labute approximate surface area is 172 Å². The van der Waals surface area contributed by atoms with E-state index in [0.29, 0.717) is 50.9 Å². The fraction of sp³-hybridized carbons (Fsp3) is 0.300. The lowest BCUT2D eigenvalue weighted by atomic mass is 10.2. The quantitative estimate of drug-likeness (QED) is 0.629. The zero-order valence-electron chi connectivity index (χ0n) is 16.0. The molecule has 30 heavy (non-hydrogen) atoms. The van der Waals surface area contributed by atoms with Gasteiger partial charge in [-0.2, -0.15) is 4.31 Å². The van der Waals surface area contributed by atoms with Crippen LogP contribution in [0.3, 0.4) is 0 Å². The third-order valence-electron chi connectivity index (χ3n) is 5.27. The van der Waals surface area contributed by atoms with Gasteiger partial charge in [0, 0.05) is 37.6 Å². The molecule has 0 radical (unpaired) electrons. The molecule has 0 aliphatic carbocycles. The van der Waals surface area contributed by atoms with Gasteiger partial charge in [-0.3, -0.25) is 0 Å². The maximum absolute atomic E-state index is 13.1. The third-order valence-corrected chi connectivity index (χ3v) is 7.18. The Balaban J connectivity index is 1.39. The fourth-order valence-corrected chi connectivity index (χ4v) is 5.15. The molecule has 2 aliphatic heterocycles. The number of piperazine rings is 1. The van der Waals surface area contributed by atoms with E-state index in [-0.39, 0.29) is 4.90 Å². The van der Waals surface area contributed by atoms with Gasteiger partial charge in [-0.05, 0) is 30.3 Å². The second kappa shape index (κ2) is 7.37. The molecule has 0 spiro atoms. The molecule has 0 bridgehead atoms. The maximum atomic E-state index is 13.1. The predicted molar refractivity (Wildman–Crippen MR) is 108 cm³/mol. The first-order chi connectivity index (χ1) is 14.5. The van der Waals surface area contributed by atoms with E-state index < -0.39 is 15.8 Å². The number of fused-ring (bicyclic) bond motifs is 2. The molecule has 0 saturated carbocycles. The van der Waals surface area contributed by atoms with Crippen LogP contribution in [0.25, 0.3) is 10.9 Å². The van der Waals surface area contributed by atoms with Crippen molar-refractivity contribution in [3.05, 3.63) is 48.5 Å². The standard InChI is InChI=1S/C20H19FN4O4S/c21-14-1-3-15(4-2-14)30(26,27)25-7-5-24(6-8-25)20-16-11-18-19(29-10-9-28-18)12-17(16)22-13-23-20/h1-4,11-13H,5-10H2. The summed E-state index contributed by atoms with van der Waals surface area (Å²) in [5, 5.41) is 0.830. The van der Waals surface area contributed by atoms with Crippen LogP contribution >= 0.6 is 0 Å². The normalized spacial score (nSPS) is 17.3. The molecule has 2 aromatic carbocycles. The minimum atomic E-state index is -3.67. The summed E-state index contributed by atoms with van der Waals surface area (Å²) in [6.07, 6.45) is 1.50. The Morgan fingerprint density at radius 2 is 1.57 bits per heavy atom. The molecule has 5 rings (SSSR count). The second-order valence-corrected chi connectivity index (χ2v) is 8.99. The number of hydrogen-bond donors (Lipinski definition) is 0. The van der Waals surface area contributed by atoms with Gasteiger partial charge in [0.2, 0.25) is 10.0 Å². The number of rotatable bonds is 3. The van der Waals surface area contributed by atoms with E-state index in [4.69, 9.17) is 9.47 Å². The number of ether oxygens (including phenoxy) is 2. The highest BCUT2D eigenvalue weighted by Gasteiger charge is 2.30. The first kappa shape index (κ1) is 19.0. The Morgan fingerprint density at radius 3 is 2.27 bits per heavy atom. The lowest BCUT2D eigenvalue weighted by Crippen LogP contribution is -2.49. The van der Waals surface area contributed by atoms with Gasteiger partial charge >= 0.3 is 0 Å². The summed E-state index contributed by atoms with van der Waals surface area (Å²) in [4.78, 5) is 10.9. The van der Waals surface area contributed by atoms with Crippen molar-refractivity contribution in [3.63, 3.8) is 0 Å². The average Bonchev–Trinajstić information content (AvgIpc) is 2.77. The van der Waals surface area contributed by atoms with E-state index in [9.17, 15) is 12.8 Å². The van der Waals surface area contributed by atoms with Gasteiger partial charge in [0.25, 0.3) is 0 Å². The summed E-state index contributed by atoms with van der Waals surface area (Å²) in [6.45, 7) is 2.54. The highest BCUT2D eigenvalue weighted by Crippen LogP contribution is 2.36. The van der Waals surface area contributed by atoms with Crippen molar-refractivity contribution in [2.45, 2.75) is 4.90 Å². The lowest BCUT2D eigenvalue weighted by molar-refractivity contribution is 0.172. The summed E-state index contributed by atoms with van der Waals surface area (Å²) in [7, 11) is -3.67. The first-order valence-corrected chi connectivity index (χ1v) is 11.0. The van der Waals surface area contributed by atoms with Crippen LogP contribution < -0.4 is 14.4 Å². The summed E-state index contributed by atoms with van der Waals surface area (Å²) >= 11 is 0. The van der Waals surface area contributed by atoms with Gasteiger partial charge in [-0.25, -0.2) is 22.8 Å². The molecule has 0 amide bonds. The zero-order chi connectivity index (χ0) is 20.7. The number of anilines is 1. The van der Waals surface area contributed by atoms with Crippen molar-refractivity contribution in [2.75, 3.05) is 44.3 Å². The van der Waals surface area contributed by atoms with Crippen molar-refractivity contribution in [2.24, 2.45) is 0 Å². The maximum Gasteiger partial charge on any atom is 0.243 e. The topological polar surface area (TPSA) is 84.9 Å². The largest absolute Gasteiger partial charge is 0.486 e. The molecule has 2 aliphatic rings. The zero-order valence-corrected chi connectivity index (χ0v) is 16.8. The summed E-state index contributed by atoms with van der Waals surface area (Å²) in [6, 6.07) is 8.61. The number of hydrogen-bond acceptors (Lipinski definition) is 7. The van der Waals surface area contributed by atoms with Gasteiger partial charge in [-0.15, -0.1) is 0 Å². The molecule has 0 atom stereocenters. The number of sulfonamides is 1. The van der Waals surface area contributed by atoms with E-state index in [1.807, 2.05) is 17.0 Å². The second-order valence-electron chi connectivity index (χ2n) is 7.06. The molecule has 8 nitrogen and oxygen atoms in total. The highest BCUT2D eigenvalue weighted by molar-refractivity contribution is 7.89. The lowest BCUT2D eigenvalue weighted by Gasteiger charge is -2.35. The first-order valence-electron chi connectivity index (χ1n) is 9.57. The van der Waals surface area contributed by atoms with Crippen LogP contribution in [0.2, 0.25) is 0 Å². The smallest absolute Gasteiger partial charge is 0.243 e. The summed E-state index contributed by atoms with van der Waals surface area (Å²) in [5.41, 5.74) is 0.741. The Hall–Kier alpha value is -2.98. The molecule has 3 aromatic rings. The monoisotopic (exact) mass is 430 g/mol. The van der Waals surface area contributed by atoms with E-state index in [1.54, 1.807) is 0 Å². The van der Waals surface area contributed by atoms with Crippen LogP contribution in [0.4, 0.5) is 10.2 Å². The van der Waals surface area contributed by atoms with Crippen LogP contribution in [-0.2, 0) is 10.0 Å². The van der Waals surface area contributed by atoms with Crippen LogP contribution in [0.5, 0.6) is 11.5 Å². The van der Waals surface area contributed by atoms with Crippen LogP contribution in [0.1, 0.15) is 0 Å². The molecule has 156 valence electrons. The van der Waals surface area contributed by atoms with Crippen LogP contribution in [0.15, 0.2) is 47.6 Å². The van der Waals surface area contributed by atoms with Crippen molar-refractivity contribution in [3.8, 4) is 11.5 Å². The van der Waals surface area contributed by atoms with E-state index in [1.165, 1.54) is 22.8 Å². The Kier molecular flexibility index (Phi) is 4.67. The Bertz CT molecular complexity index is 1200. The van der Waals surface area contributed by atoms with Crippen LogP contribution in [0, 0.1) is 5.82 Å². The minimum absolute atomic E-state index is 0.0913. The average molecular weight is 430 g/mol. The number of aromatic nitrogens is 2. The predicted octanol–water partition coefficient (Wildman–Crippen LogP) is 2.05. The van der Waals surface area contributed by atoms with Gasteiger partial charge in [0.15, 0.2) is 11.5 Å². The van der Waals surface area contributed by atoms with E-state index in [0.717, 1.165) is 28.9 Å². The molecule has 3 heterocycles. The van der Waals surface area contributed by atoms with Crippen molar-refractivity contribution < 1.29 is 22.3 Å². The van der Waals surface area contributed by atoms with Gasteiger partial charge in [-0.1, -0.05) is 0 Å². The Morgan fingerprint density at radius 1 is 0.900 bits per heavy atom. The highest BCUT2D eigenvalue weighted by atomic mass is 32.2. The molecule has 0 N–H and O–H groups in total. The fourth-order valence-electron chi connectivity index (χ4n) is 3.73. The van der Waals surface area contributed by atoms with Crippen molar-refractivity contribution >= 4 is 26.7 Å². The molecule has 1 saturated heterocycles. The molecule has 1 aromatic heterocycles. The SMILES string of the molecule is O=S(=O)(c1ccc(F)cc1)N1CCN(c2ncnc3cc4c(cc23)OCCO4)CC1. The summed E-state index contributed by atoms with van der Waals surface area (Å²) in [5.74, 6) is 1.58. The molecular formula is C20H19FN4O4S. The third kappa shape index (κ3) is 3.31. The minimum Gasteiger partial charge on any atom is -0.486 e. The molecule has 1 fully saturated rings. The molecular weight excluding hydrogens is 411 g/mol. The number of nitrogens with zero attached hydrogens (tertiary/aromatic N) is 4. The van der Waals surface area contributed by atoms with Gasteiger partial charge in [0.05, 0.1) is 10.4 Å². The van der Waals surface area contributed by atoms with Crippen molar-refractivity contribution in [1.82, 2.24) is 14.3 Å². The van der Waals surface area contributed by atoms with Gasteiger partial charge in [0.1, 0.15) is 31.2 Å². The van der Waals surface area contributed by atoms with E-state index in [2.05, 4.69) is 9.97 Å². The molecule has 0 unspecified atom stereocenters.